The van der Waals surface area contributed by atoms with Crippen molar-refractivity contribution in [3.63, 3.8) is 0 Å². The summed E-state index contributed by atoms with van der Waals surface area (Å²) < 4.78 is 81.7. The second-order valence-electron chi connectivity index (χ2n) is 5.71. The van der Waals surface area contributed by atoms with Crippen molar-refractivity contribution in [2.24, 2.45) is 10.9 Å². The Hall–Kier alpha value is -1.71. The number of fused-ring (bicyclic) bond motifs is 3. The van der Waals surface area contributed by atoms with Crippen LogP contribution in [0, 0.1) is 5.92 Å². The average Bonchev–Trinajstić information content (AvgIpc) is 2.88. The van der Waals surface area contributed by atoms with E-state index in [1.165, 1.54) is 11.8 Å². The predicted octanol–water partition coefficient (Wildman–Crippen LogP) is 4.43. The number of carbonyl (C=O) groups is 1. The Morgan fingerprint density at radius 3 is 2.40 bits per heavy atom. The van der Waals surface area contributed by atoms with E-state index < -0.39 is 47.7 Å². The largest absolute Gasteiger partial charge is 0.423 e. The second-order valence-corrected chi connectivity index (χ2v) is 6.72. The van der Waals surface area contributed by atoms with Crippen LogP contribution in [0.2, 0.25) is 0 Å². The van der Waals surface area contributed by atoms with Gasteiger partial charge in [-0.25, -0.2) is 4.99 Å². The van der Waals surface area contributed by atoms with Gasteiger partial charge in [-0.05, 0) is 23.9 Å². The third-order valence-corrected chi connectivity index (χ3v) is 5.39. The van der Waals surface area contributed by atoms with Crippen molar-refractivity contribution in [3.05, 3.63) is 24.3 Å². The molecule has 0 amide bonds. The second kappa shape index (κ2) is 5.65. The molecule has 3 nitrogen and oxygen atoms in total. The van der Waals surface area contributed by atoms with E-state index in [0.29, 0.717) is 10.6 Å². The number of hydrogen-bond donors (Lipinski definition) is 0. The summed E-state index contributed by atoms with van der Waals surface area (Å²) >= 11 is 0.741. The number of nitrogens with zero attached hydrogens (tertiary/aromatic N) is 2. The molecule has 0 saturated heterocycles. The molecule has 0 aliphatic carbocycles. The highest BCUT2D eigenvalue weighted by Crippen LogP contribution is 2.56. The topological polar surface area (TPSA) is 32.7 Å². The van der Waals surface area contributed by atoms with Gasteiger partial charge in [0.25, 0.3) is 5.54 Å². The molecule has 0 spiro atoms. The number of amidine groups is 1. The zero-order valence-electron chi connectivity index (χ0n) is 12.8. The van der Waals surface area contributed by atoms with Gasteiger partial charge in [0.2, 0.25) is 0 Å². The fourth-order valence-electron chi connectivity index (χ4n) is 3.09. The molecule has 25 heavy (non-hydrogen) atoms. The van der Waals surface area contributed by atoms with Crippen molar-refractivity contribution >= 4 is 28.4 Å². The summed E-state index contributed by atoms with van der Waals surface area (Å²) in [6.45, 7) is 0.528. The van der Waals surface area contributed by atoms with Crippen molar-refractivity contribution < 1.29 is 31.1 Å². The molecule has 0 aromatic heterocycles. The molecule has 1 unspecified atom stereocenters. The van der Waals surface area contributed by atoms with E-state index in [0.717, 1.165) is 11.8 Å². The predicted molar refractivity (Wildman–Crippen MR) is 80.7 cm³/mol. The number of benzene rings is 1. The maximum absolute atomic E-state index is 13.6. The minimum atomic E-state index is -5.74. The number of hydrogen-bond acceptors (Lipinski definition) is 4. The van der Waals surface area contributed by atoms with E-state index in [2.05, 4.69) is 4.99 Å². The Bertz CT molecular complexity index is 728. The van der Waals surface area contributed by atoms with Crippen molar-refractivity contribution in [1.82, 2.24) is 0 Å². The first-order valence-electron chi connectivity index (χ1n) is 7.33. The van der Waals surface area contributed by atoms with Crippen LogP contribution in [0.1, 0.15) is 13.3 Å². The molecule has 2 aliphatic rings. The molecule has 2 aliphatic heterocycles. The monoisotopic (exact) mass is 382 g/mol. The van der Waals surface area contributed by atoms with Gasteiger partial charge >= 0.3 is 12.4 Å². The Morgan fingerprint density at radius 2 is 1.84 bits per heavy atom. The molecule has 0 bridgehead atoms. The number of ketones is 1. The van der Waals surface area contributed by atoms with Gasteiger partial charge in [0.15, 0.2) is 5.17 Å². The van der Waals surface area contributed by atoms with Crippen LogP contribution >= 0.6 is 11.8 Å². The summed E-state index contributed by atoms with van der Waals surface area (Å²) in [7, 11) is 0. The van der Waals surface area contributed by atoms with Crippen LogP contribution in [0.3, 0.4) is 0 Å². The van der Waals surface area contributed by atoms with Gasteiger partial charge in [-0.2, -0.15) is 26.3 Å². The van der Waals surface area contributed by atoms with E-state index in [4.69, 9.17) is 0 Å². The number of halogens is 6. The summed E-state index contributed by atoms with van der Waals surface area (Å²) in [5, 5.41) is -0.393. The number of thioether (sulfide) groups is 1. The maximum Gasteiger partial charge on any atom is 0.423 e. The van der Waals surface area contributed by atoms with Crippen molar-refractivity contribution in [3.8, 4) is 0 Å². The zero-order valence-corrected chi connectivity index (χ0v) is 13.6. The number of rotatable bonds is 2. The van der Waals surface area contributed by atoms with Gasteiger partial charge in [0, 0.05) is 17.9 Å². The van der Waals surface area contributed by atoms with Gasteiger partial charge in [-0.1, -0.05) is 19.1 Å². The minimum absolute atomic E-state index is 0.393. The zero-order chi connectivity index (χ0) is 18.6. The number of Topliss-reactive ketones (excluding diaryl/α,β-unsaturated/α-hetero) is 1. The van der Waals surface area contributed by atoms with Gasteiger partial charge in [-0.15, -0.1) is 0 Å². The third-order valence-electron chi connectivity index (χ3n) is 4.33. The number of alkyl halides is 6. The molecule has 136 valence electrons. The molecule has 1 aromatic rings. The van der Waals surface area contributed by atoms with E-state index in [-0.39, 0.29) is 0 Å². The Kier molecular flexibility index (Phi) is 4.09. The first kappa shape index (κ1) is 18.1. The van der Waals surface area contributed by atoms with Crippen LogP contribution in [-0.2, 0) is 4.79 Å². The van der Waals surface area contributed by atoms with E-state index in [9.17, 15) is 31.1 Å². The molecule has 2 heterocycles. The van der Waals surface area contributed by atoms with E-state index >= 15 is 0 Å². The molecule has 1 atom stereocenters. The van der Waals surface area contributed by atoms with Crippen LogP contribution < -0.4 is 4.90 Å². The summed E-state index contributed by atoms with van der Waals surface area (Å²) in [6, 6.07) is 6.40. The molecule has 0 radical (unpaired) electrons. The summed E-state index contributed by atoms with van der Waals surface area (Å²) in [5.41, 5.74) is -3.97. The first-order chi connectivity index (χ1) is 11.5. The smallest absolute Gasteiger partial charge is 0.319 e. The van der Waals surface area contributed by atoms with Crippen molar-refractivity contribution in [2.45, 2.75) is 36.1 Å². The van der Waals surface area contributed by atoms with E-state index in [1.54, 1.807) is 24.3 Å². The Morgan fingerprint density at radius 1 is 1.24 bits per heavy atom. The number of carbonyl (C=O) groups excluding carboxylic acids is 1. The normalized spacial score (nSPS) is 22.3. The number of anilines is 1. The van der Waals surface area contributed by atoms with Gasteiger partial charge < -0.3 is 4.90 Å². The summed E-state index contributed by atoms with van der Waals surface area (Å²) in [6.07, 6.45) is -11.9. The molecule has 0 N–H and O–H groups in total. The van der Waals surface area contributed by atoms with Crippen LogP contribution in [0.4, 0.5) is 32.0 Å². The molecule has 3 rings (SSSR count). The fourth-order valence-corrected chi connectivity index (χ4v) is 4.19. The maximum atomic E-state index is 13.6. The Labute approximate surface area is 143 Å². The van der Waals surface area contributed by atoms with Crippen LogP contribution in [0.15, 0.2) is 34.2 Å². The highest BCUT2D eigenvalue weighted by atomic mass is 32.2. The quantitative estimate of drug-likeness (QED) is 0.710. The minimum Gasteiger partial charge on any atom is -0.319 e. The van der Waals surface area contributed by atoms with Gasteiger partial charge in [0.05, 0.1) is 11.6 Å². The molecule has 0 saturated carbocycles. The van der Waals surface area contributed by atoms with Gasteiger partial charge in [-0.3, -0.25) is 4.79 Å². The number of para-hydroxylation sites is 1. The highest BCUT2D eigenvalue weighted by Gasteiger charge is 2.77. The number of aliphatic imine (C=N–C) groups is 1. The standard InChI is InChI=1S/C15H12F6N2OS/c1-2-10(24)8-7-23-9-5-3-4-6-11(9)25-12(23)22-13(8,14(16,17)18)15(19,20)21/h3-6,8H,2,7H2,1H3. The lowest BCUT2D eigenvalue weighted by Gasteiger charge is -2.44. The average molecular weight is 382 g/mol. The highest BCUT2D eigenvalue weighted by molar-refractivity contribution is 8.14. The summed E-state index contributed by atoms with van der Waals surface area (Å²) in [5.74, 6) is -3.47. The Balaban J connectivity index is 2.23. The molecule has 1 aromatic carbocycles. The first-order valence-corrected chi connectivity index (χ1v) is 8.15. The van der Waals surface area contributed by atoms with Crippen LogP contribution in [-0.4, -0.2) is 35.4 Å². The molecule has 0 fully saturated rings. The molecular weight excluding hydrogens is 370 g/mol. The van der Waals surface area contributed by atoms with Crippen molar-refractivity contribution in [1.29, 1.82) is 0 Å². The van der Waals surface area contributed by atoms with E-state index in [1.807, 2.05) is 0 Å². The fraction of sp³-hybridized carbons (Fsp3) is 0.467. The van der Waals surface area contributed by atoms with Crippen LogP contribution in [0.5, 0.6) is 0 Å². The molecular formula is C15H12F6N2OS. The molecule has 10 heteroatoms. The lowest BCUT2D eigenvalue weighted by atomic mass is 9.77. The lowest BCUT2D eigenvalue weighted by Crippen LogP contribution is -2.67. The SMILES string of the molecule is CCC(=O)C1CN2C(=NC1(C(F)(F)F)C(F)(F)F)Sc1ccccc12. The van der Waals surface area contributed by atoms with Gasteiger partial charge in [0.1, 0.15) is 5.78 Å². The lowest BCUT2D eigenvalue weighted by molar-refractivity contribution is -0.307. The third kappa shape index (κ3) is 2.52. The van der Waals surface area contributed by atoms with Crippen LogP contribution in [0.25, 0.3) is 0 Å². The summed E-state index contributed by atoms with van der Waals surface area (Å²) in [4.78, 5) is 17.0. The van der Waals surface area contributed by atoms with Crippen molar-refractivity contribution in [2.75, 3.05) is 11.4 Å².